The van der Waals surface area contributed by atoms with Crippen LogP contribution in [-0.2, 0) is 10.0 Å². The molecule has 0 radical (unpaired) electrons. The number of hydrogen-bond acceptors (Lipinski definition) is 5. The average Bonchev–Trinajstić information content (AvgIpc) is 2.97. The molecule has 122 valence electrons. The summed E-state index contributed by atoms with van der Waals surface area (Å²) in [5.41, 5.74) is 0.926. The number of furan rings is 1. The van der Waals surface area contributed by atoms with Gasteiger partial charge in [0.05, 0.1) is 11.0 Å². The Hall–Kier alpha value is -2.61. The molecule has 0 aliphatic rings. The van der Waals surface area contributed by atoms with Crippen LogP contribution in [0, 0.1) is 17.0 Å². The summed E-state index contributed by atoms with van der Waals surface area (Å²) >= 11 is 0. The molecule has 0 aliphatic carbocycles. The number of anilines is 1. The summed E-state index contributed by atoms with van der Waals surface area (Å²) in [5, 5.41) is 10.7. The van der Waals surface area contributed by atoms with Crippen molar-refractivity contribution in [2.45, 2.75) is 18.2 Å². The van der Waals surface area contributed by atoms with Crippen molar-refractivity contribution in [1.29, 1.82) is 0 Å². The highest BCUT2D eigenvalue weighted by molar-refractivity contribution is 7.92. The van der Waals surface area contributed by atoms with E-state index in [2.05, 4.69) is 6.58 Å². The van der Waals surface area contributed by atoms with Crippen LogP contribution >= 0.6 is 0 Å². The molecule has 0 spiro atoms. The SMILES string of the molecule is C=CCCN(c1ccc([N+](=O)[O-])o1)S(=O)(=O)c1ccc(C)cc1. The largest absolute Gasteiger partial charge is 0.434 e. The minimum Gasteiger partial charge on any atom is -0.383 e. The van der Waals surface area contributed by atoms with E-state index in [1.165, 1.54) is 18.2 Å². The maximum absolute atomic E-state index is 12.8. The predicted octanol–water partition coefficient (Wildman–Crippen LogP) is 3.27. The molecule has 2 rings (SSSR count). The highest BCUT2D eigenvalue weighted by atomic mass is 32.2. The van der Waals surface area contributed by atoms with Gasteiger partial charge in [0.15, 0.2) is 0 Å². The highest BCUT2D eigenvalue weighted by Crippen LogP contribution is 2.29. The molecule has 0 saturated heterocycles. The van der Waals surface area contributed by atoms with Crippen molar-refractivity contribution >= 4 is 21.8 Å². The van der Waals surface area contributed by atoms with E-state index in [1.54, 1.807) is 18.2 Å². The molecule has 0 N–H and O–H groups in total. The molecule has 0 aliphatic heterocycles. The van der Waals surface area contributed by atoms with E-state index >= 15 is 0 Å². The minimum atomic E-state index is -3.89. The van der Waals surface area contributed by atoms with Gasteiger partial charge in [-0.3, -0.25) is 10.1 Å². The van der Waals surface area contributed by atoms with Gasteiger partial charge in [-0.15, -0.1) is 6.58 Å². The molecule has 0 amide bonds. The highest BCUT2D eigenvalue weighted by Gasteiger charge is 2.28. The summed E-state index contributed by atoms with van der Waals surface area (Å²) < 4.78 is 31.6. The van der Waals surface area contributed by atoms with Gasteiger partial charge in [0.2, 0.25) is 5.88 Å². The van der Waals surface area contributed by atoms with Crippen molar-refractivity contribution in [3.8, 4) is 0 Å². The van der Waals surface area contributed by atoms with Crippen LogP contribution in [0.15, 0.2) is 58.4 Å². The van der Waals surface area contributed by atoms with E-state index in [1.807, 2.05) is 6.92 Å². The van der Waals surface area contributed by atoms with Crippen molar-refractivity contribution in [3.05, 3.63) is 64.7 Å². The van der Waals surface area contributed by atoms with Crippen LogP contribution in [0.5, 0.6) is 0 Å². The second-order valence-corrected chi connectivity index (χ2v) is 6.70. The first kappa shape index (κ1) is 16.8. The Balaban J connectivity index is 2.45. The smallest absolute Gasteiger partial charge is 0.383 e. The van der Waals surface area contributed by atoms with Gasteiger partial charge >= 0.3 is 5.88 Å². The van der Waals surface area contributed by atoms with Gasteiger partial charge in [-0.05, 0) is 25.5 Å². The molecule has 0 unspecified atom stereocenters. The van der Waals surface area contributed by atoms with E-state index in [0.29, 0.717) is 6.42 Å². The monoisotopic (exact) mass is 336 g/mol. The molecule has 23 heavy (non-hydrogen) atoms. The van der Waals surface area contributed by atoms with Gasteiger partial charge in [0, 0.05) is 12.6 Å². The van der Waals surface area contributed by atoms with Crippen molar-refractivity contribution in [3.63, 3.8) is 0 Å². The zero-order valence-electron chi connectivity index (χ0n) is 12.5. The molecule has 2 aromatic rings. The Morgan fingerprint density at radius 2 is 1.91 bits per heavy atom. The quantitative estimate of drug-likeness (QED) is 0.439. The minimum absolute atomic E-state index is 0.0738. The summed E-state index contributed by atoms with van der Waals surface area (Å²) in [6.45, 7) is 5.49. The summed E-state index contributed by atoms with van der Waals surface area (Å²) in [4.78, 5) is 10.1. The number of rotatable bonds is 7. The molecule has 8 heteroatoms. The van der Waals surface area contributed by atoms with Crippen LogP contribution in [-0.4, -0.2) is 19.9 Å². The summed E-state index contributed by atoms with van der Waals surface area (Å²) in [6.07, 6.45) is 1.94. The molecule has 0 bridgehead atoms. The normalized spacial score (nSPS) is 11.2. The van der Waals surface area contributed by atoms with E-state index in [4.69, 9.17) is 4.42 Å². The lowest BCUT2D eigenvalue weighted by Gasteiger charge is -2.21. The molecule has 0 saturated carbocycles. The Morgan fingerprint density at radius 1 is 1.26 bits per heavy atom. The second-order valence-electron chi connectivity index (χ2n) is 4.84. The molecular weight excluding hydrogens is 320 g/mol. The molecule has 7 nitrogen and oxygen atoms in total. The van der Waals surface area contributed by atoms with Crippen LogP contribution in [0.3, 0.4) is 0 Å². The predicted molar refractivity (Wildman–Crippen MR) is 85.9 cm³/mol. The topological polar surface area (TPSA) is 93.7 Å². The molecular formula is C15H16N2O5S. The maximum atomic E-state index is 12.8. The lowest BCUT2D eigenvalue weighted by Crippen LogP contribution is -2.31. The molecule has 1 aromatic heterocycles. The van der Waals surface area contributed by atoms with Crippen LogP contribution in [0.25, 0.3) is 0 Å². The number of benzene rings is 1. The number of nitrogens with zero attached hydrogens (tertiary/aromatic N) is 2. The van der Waals surface area contributed by atoms with Crippen LogP contribution < -0.4 is 4.31 Å². The summed E-state index contributed by atoms with van der Waals surface area (Å²) in [7, 11) is -3.89. The van der Waals surface area contributed by atoms with E-state index in [-0.39, 0.29) is 17.3 Å². The van der Waals surface area contributed by atoms with Gasteiger partial charge in [0.25, 0.3) is 10.0 Å². The zero-order chi connectivity index (χ0) is 17.0. The Morgan fingerprint density at radius 3 is 2.43 bits per heavy atom. The molecule has 0 atom stereocenters. The van der Waals surface area contributed by atoms with Crippen LogP contribution in [0.2, 0.25) is 0 Å². The molecule has 0 fully saturated rings. The van der Waals surface area contributed by atoms with Crippen LogP contribution in [0.4, 0.5) is 11.8 Å². The third kappa shape index (κ3) is 3.59. The van der Waals surface area contributed by atoms with Crippen molar-refractivity contribution < 1.29 is 17.8 Å². The Bertz CT molecular complexity index is 809. The fourth-order valence-corrected chi connectivity index (χ4v) is 3.36. The van der Waals surface area contributed by atoms with E-state index in [0.717, 1.165) is 15.9 Å². The second kappa shape index (κ2) is 6.66. The van der Waals surface area contributed by atoms with E-state index < -0.39 is 20.8 Å². The lowest BCUT2D eigenvalue weighted by atomic mass is 10.2. The van der Waals surface area contributed by atoms with Gasteiger partial charge in [-0.2, -0.15) is 0 Å². The molecule has 1 heterocycles. The first-order chi connectivity index (χ1) is 10.9. The summed E-state index contributed by atoms with van der Waals surface area (Å²) in [6, 6.07) is 8.74. The van der Waals surface area contributed by atoms with Crippen molar-refractivity contribution in [2.75, 3.05) is 10.8 Å². The maximum Gasteiger partial charge on any atom is 0.434 e. The third-order valence-corrected chi connectivity index (χ3v) is 4.96. The average molecular weight is 336 g/mol. The number of hydrogen-bond donors (Lipinski definition) is 0. The van der Waals surface area contributed by atoms with Gasteiger partial charge in [0.1, 0.15) is 4.92 Å². The van der Waals surface area contributed by atoms with Crippen molar-refractivity contribution in [2.24, 2.45) is 0 Å². The number of aryl methyl sites for hydroxylation is 1. The van der Waals surface area contributed by atoms with Gasteiger partial charge in [-0.25, -0.2) is 12.7 Å². The number of nitro groups is 1. The standard InChI is InChI=1S/C15H16N2O5S/c1-3-4-11-16(14-9-10-15(22-14)17(18)19)23(20,21)13-7-5-12(2)6-8-13/h3,5-10H,1,4,11H2,2H3. The Labute approximate surface area is 134 Å². The van der Waals surface area contributed by atoms with Crippen LogP contribution in [0.1, 0.15) is 12.0 Å². The van der Waals surface area contributed by atoms with Gasteiger partial charge < -0.3 is 4.42 Å². The third-order valence-electron chi connectivity index (χ3n) is 3.15. The zero-order valence-corrected chi connectivity index (χ0v) is 13.3. The Kier molecular flexibility index (Phi) is 4.85. The van der Waals surface area contributed by atoms with Gasteiger partial charge in [-0.1, -0.05) is 23.8 Å². The first-order valence-electron chi connectivity index (χ1n) is 6.81. The molecule has 1 aromatic carbocycles. The lowest BCUT2D eigenvalue weighted by molar-refractivity contribution is -0.401. The summed E-state index contributed by atoms with van der Waals surface area (Å²) in [5.74, 6) is -0.609. The fraction of sp³-hybridized carbons (Fsp3) is 0.200. The van der Waals surface area contributed by atoms with E-state index in [9.17, 15) is 18.5 Å². The fourth-order valence-electron chi connectivity index (χ4n) is 1.94. The first-order valence-corrected chi connectivity index (χ1v) is 8.25. The van der Waals surface area contributed by atoms with Crippen molar-refractivity contribution in [1.82, 2.24) is 0 Å². The number of sulfonamides is 1.